The van der Waals surface area contributed by atoms with Gasteiger partial charge in [0.05, 0.1) is 23.6 Å². The van der Waals surface area contributed by atoms with Gasteiger partial charge in [0.2, 0.25) is 0 Å². The van der Waals surface area contributed by atoms with Gasteiger partial charge in [0.1, 0.15) is 0 Å². The Morgan fingerprint density at radius 1 is 1.28 bits per heavy atom. The fourth-order valence-electron chi connectivity index (χ4n) is 1.63. The van der Waals surface area contributed by atoms with Crippen LogP contribution in [0.3, 0.4) is 0 Å². The molecule has 2 heterocycles. The number of pyridine rings is 1. The molecule has 1 atom stereocenters. The predicted octanol–water partition coefficient (Wildman–Crippen LogP) is 1.69. The van der Waals surface area contributed by atoms with E-state index < -0.39 is 0 Å². The molecule has 6 heteroatoms. The number of nitrogens with one attached hydrogen (secondary N) is 1. The second-order valence-electron chi connectivity index (χ2n) is 4.02. The normalized spacial score (nSPS) is 12.4. The Morgan fingerprint density at radius 3 is 2.72 bits per heavy atom. The number of nitrogens with two attached hydrogens (primary N) is 1. The lowest BCUT2D eigenvalue weighted by Crippen LogP contribution is -2.30. The molecule has 0 aliphatic heterocycles. The molecule has 0 aliphatic rings. The number of hydrogen-bond donors (Lipinski definition) is 2. The number of nitrogens with zero attached hydrogens (tertiary/aromatic N) is 3. The highest BCUT2D eigenvalue weighted by Crippen LogP contribution is 2.17. The maximum Gasteiger partial charge on any atom is 0.0773 e. The summed E-state index contributed by atoms with van der Waals surface area (Å²) in [6.07, 6.45) is 7.75. The van der Waals surface area contributed by atoms with Crippen LogP contribution in [-0.2, 0) is 6.42 Å². The third-order valence-electron chi connectivity index (χ3n) is 2.56. The molecule has 0 amide bonds. The summed E-state index contributed by atoms with van der Waals surface area (Å²) in [6, 6.07) is 1.94. The van der Waals surface area contributed by atoms with Gasteiger partial charge in [-0.25, -0.2) is 0 Å². The molecular weight excluding hydrogens is 294 g/mol. The van der Waals surface area contributed by atoms with Crippen molar-refractivity contribution >= 4 is 15.9 Å². The minimum Gasteiger partial charge on any atom is -0.271 e. The maximum atomic E-state index is 5.58. The molecule has 94 valence electrons. The third kappa shape index (κ3) is 3.32. The van der Waals surface area contributed by atoms with Gasteiger partial charge in [-0.2, -0.15) is 0 Å². The summed E-state index contributed by atoms with van der Waals surface area (Å²) < 4.78 is 0.950. The second-order valence-corrected chi connectivity index (χ2v) is 4.93. The van der Waals surface area contributed by atoms with Crippen LogP contribution in [0.15, 0.2) is 35.3 Å². The van der Waals surface area contributed by atoms with Crippen molar-refractivity contribution in [3.8, 4) is 0 Å². The van der Waals surface area contributed by atoms with E-state index in [0.29, 0.717) is 6.42 Å². The molecule has 0 aliphatic carbocycles. The fourth-order valence-corrected chi connectivity index (χ4v) is 2.05. The lowest BCUT2D eigenvalue weighted by molar-refractivity contribution is 0.535. The second kappa shape index (κ2) is 5.99. The van der Waals surface area contributed by atoms with E-state index in [1.807, 2.05) is 19.2 Å². The smallest absolute Gasteiger partial charge is 0.0773 e. The molecule has 0 fully saturated rings. The lowest BCUT2D eigenvalue weighted by Gasteiger charge is -2.15. The van der Waals surface area contributed by atoms with Crippen molar-refractivity contribution in [3.05, 3.63) is 52.3 Å². The SMILES string of the molecule is Cc1cnc(C(Cc2cncc(Br)c2)NN)cn1. The van der Waals surface area contributed by atoms with Gasteiger partial charge in [-0.05, 0) is 40.9 Å². The minimum absolute atomic E-state index is 0.0748. The first kappa shape index (κ1) is 13.1. The van der Waals surface area contributed by atoms with Crippen molar-refractivity contribution in [2.75, 3.05) is 0 Å². The molecule has 18 heavy (non-hydrogen) atoms. The van der Waals surface area contributed by atoms with Crippen LogP contribution in [0, 0.1) is 6.92 Å². The van der Waals surface area contributed by atoms with Crippen LogP contribution in [0.1, 0.15) is 23.0 Å². The van der Waals surface area contributed by atoms with Gasteiger partial charge in [0.15, 0.2) is 0 Å². The predicted molar refractivity (Wildman–Crippen MR) is 72.5 cm³/mol. The van der Waals surface area contributed by atoms with Gasteiger partial charge in [-0.1, -0.05) is 0 Å². The highest BCUT2D eigenvalue weighted by atomic mass is 79.9. The summed E-state index contributed by atoms with van der Waals surface area (Å²) >= 11 is 3.40. The first-order chi connectivity index (χ1) is 8.69. The topological polar surface area (TPSA) is 76.7 Å². The summed E-state index contributed by atoms with van der Waals surface area (Å²) in [5, 5.41) is 0. The Morgan fingerprint density at radius 2 is 2.11 bits per heavy atom. The number of hydrazine groups is 1. The monoisotopic (exact) mass is 307 g/mol. The maximum absolute atomic E-state index is 5.58. The zero-order chi connectivity index (χ0) is 13.0. The Hall–Kier alpha value is -1.37. The van der Waals surface area contributed by atoms with E-state index in [4.69, 9.17) is 5.84 Å². The van der Waals surface area contributed by atoms with Gasteiger partial charge in [-0.3, -0.25) is 26.2 Å². The highest BCUT2D eigenvalue weighted by Gasteiger charge is 2.12. The number of aromatic nitrogens is 3. The Labute approximate surface area is 114 Å². The van der Waals surface area contributed by atoms with Crippen LogP contribution in [0.5, 0.6) is 0 Å². The van der Waals surface area contributed by atoms with Gasteiger partial charge >= 0.3 is 0 Å². The van der Waals surface area contributed by atoms with Crippen LogP contribution in [0.25, 0.3) is 0 Å². The fraction of sp³-hybridized carbons (Fsp3) is 0.250. The molecule has 0 saturated heterocycles. The van der Waals surface area contributed by atoms with E-state index in [1.54, 1.807) is 18.6 Å². The summed E-state index contributed by atoms with van der Waals surface area (Å²) in [4.78, 5) is 12.7. The molecule has 2 aromatic heterocycles. The van der Waals surface area contributed by atoms with Gasteiger partial charge < -0.3 is 0 Å². The van der Waals surface area contributed by atoms with E-state index in [2.05, 4.69) is 36.3 Å². The summed E-state index contributed by atoms with van der Waals surface area (Å²) in [5.74, 6) is 5.58. The van der Waals surface area contributed by atoms with E-state index in [-0.39, 0.29) is 6.04 Å². The number of halogens is 1. The molecule has 0 aromatic carbocycles. The Kier molecular flexibility index (Phi) is 4.35. The average Bonchev–Trinajstić information content (AvgIpc) is 2.37. The van der Waals surface area contributed by atoms with E-state index in [0.717, 1.165) is 21.4 Å². The van der Waals surface area contributed by atoms with Gasteiger partial charge in [0, 0.05) is 23.1 Å². The molecule has 1 unspecified atom stereocenters. The summed E-state index contributed by atoms with van der Waals surface area (Å²) in [7, 11) is 0. The Balaban J connectivity index is 2.17. The molecule has 0 bridgehead atoms. The van der Waals surface area contributed by atoms with E-state index in [1.165, 1.54) is 0 Å². The first-order valence-corrected chi connectivity index (χ1v) is 6.32. The number of aryl methyl sites for hydroxylation is 1. The number of hydrogen-bond acceptors (Lipinski definition) is 5. The third-order valence-corrected chi connectivity index (χ3v) is 2.99. The van der Waals surface area contributed by atoms with Crippen molar-refractivity contribution in [3.63, 3.8) is 0 Å². The largest absolute Gasteiger partial charge is 0.271 e. The van der Waals surface area contributed by atoms with Crippen LogP contribution >= 0.6 is 15.9 Å². The molecule has 3 N–H and O–H groups in total. The highest BCUT2D eigenvalue weighted by molar-refractivity contribution is 9.10. The standard InChI is InChI=1S/C12H14BrN5/c1-8-4-17-12(7-16-8)11(18-14)3-9-2-10(13)6-15-5-9/h2,4-7,11,18H,3,14H2,1H3. The average molecular weight is 308 g/mol. The van der Waals surface area contributed by atoms with Gasteiger partial charge in [0.25, 0.3) is 0 Å². The van der Waals surface area contributed by atoms with E-state index >= 15 is 0 Å². The van der Waals surface area contributed by atoms with E-state index in [9.17, 15) is 0 Å². The summed E-state index contributed by atoms with van der Waals surface area (Å²) in [5.41, 5.74) is 5.55. The van der Waals surface area contributed by atoms with Crippen LogP contribution < -0.4 is 11.3 Å². The van der Waals surface area contributed by atoms with Crippen LogP contribution in [0.2, 0.25) is 0 Å². The summed E-state index contributed by atoms with van der Waals surface area (Å²) in [6.45, 7) is 1.90. The molecule has 0 radical (unpaired) electrons. The van der Waals surface area contributed by atoms with Crippen molar-refractivity contribution in [2.45, 2.75) is 19.4 Å². The number of rotatable bonds is 4. The molecule has 2 aromatic rings. The van der Waals surface area contributed by atoms with Crippen molar-refractivity contribution < 1.29 is 0 Å². The molecule has 0 saturated carbocycles. The zero-order valence-electron chi connectivity index (χ0n) is 9.97. The Bertz CT molecular complexity index is 514. The van der Waals surface area contributed by atoms with Crippen molar-refractivity contribution in [2.24, 2.45) is 5.84 Å². The minimum atomic E-state index is -0.0748. The molecule has 5 nitrogen and oxygen atoms in total. The lowest BCUT2D eigenvalue weighted by atomic mass is 10.1. The quantitative estimate of drug-likeness (QED) is 0.664. The molecule has 2 rings (SSSR count). The molecular formula is C12H14BrN5. The van der Waals surface area contributed by atoms with Crippen LogP contribution in [0.4, 0.5) is 0 Å². The van der Waals surface area contributed by atoms with Crippen molar-refractivity contribution in [1.82, 2.24) is 20.4 Å². The zero-order valence-corrected chi connectivity index (χ0v) is 11.6. The van der Waals surface area contributed by atoms with Crippen molar-refractivity contribution in [1.29, 1.82) is 0 Å². The van der Waals surface area contributed by atoms with Gasteiger partial charge in [-0.15, -0.1) is 0 Å². The molecule has 0 spiro atoms. The van der Waals surface area contributed by atoms with Crippen LogP contribution in [-0.4, -0.2) is 15.0 Å². The first-order valence-electron chi connectivity index (χ1n) is 5.53.